The third-order valence-electron chi connectivity index (χ3n) is 4.84. The lowest BCUT2D eigenvalue weighted by Gasteiger charge is -2.13. The zero-order valence-electron chi connectivity index (χ0n) is 16.8. The fourth-order valence-electron chi connectivity index (χ4n) is 3.19. The first-order valence-electron chi connectivity index (χ1n) is 9.47. The van der Waals surface area contributed by atoms with Gasteiger partial charge in [-0.3, -0.25) is 4.79 Å². The molecular weight excluding hydrogens is 387 g/mol. The number of methoxy groups -OCH3 is 1. The number of ether oxygens (including phenoxy) is 2. The summed E-state index contributed by atoms with van der Waals surface area (Å²) in [6.07, 6.45) is 0.0413. The van der Waals surface area contributed by atoms with Crippen LogP contribution < -0.4 is 9.47 Å². The third kappa shape index (κ3) is 5.08. The van der Waals surface area contributed by atoms with Crippen LogP contribution in [0.3, 0.4) is 0 Å². The number of hydrogen-bond donors (Lipinski definition) is 2. The summed E-state index contributed by atoms with van der Waals surface area (Å²) in [7, 11) is 1.49. The maximum absolute atomic E-state index is 14.2. The molecule has 5 nitrogen and oxygen atoms in total. The Labute approximate surface area is 174 Å². The van der Waals surface area contributed by atoms with Gasteiger partial charge in [0.25, 0.3) is 0 Å². The minimum Gasteiger partial charge on any atom is -0.507 e. The SMILES string of the molecule is COc1ccc(F)c(-c2ccc(COc3cccc([C@H](C)CC(=O)O)c3)cc2O)c1. The zero-order chi connectivity index (χ0) is 21.7. The lowest BCUT2D eigenvalue weighted by molar-refractivity contribution is -0.137. The fourth-order valence-corrected chi connectivity index (χ4v) is 3.19. The number of rotatable bonds is 8. The monoisotopic (exact) mass is 410 g/mol. The molecule has 3 aromatic rings. The number of aromatic hydroxyl groups is 1. The molecule has 0 unspecified atom stereocenters. The van der Waals surface area contributed by atoms with Gasteiger partial charge in [0.15, 0.2) is 0 Å². The van der Waals surface area contributed by atoms with Crippen LogP contribution in [0.4, 0.5) is 4.39 Å². The van der Waals surface area contributed by atoms with E-state index in [0.717, 1.165) is 5.56 Å². The van der Waals surface area contributed by atoms with Crippen molar-refractivity contribution in [2.45, 2.75) is 25.9 Å². The Hall–Kier alpha value is -3.54. The van der Waals surface area contributed by atoms with Crippen molar-refractivity contribution < 1.29 is 28.9 Å². The molecule has 30 heavy (non-hydrogen) atoms. The first-order chi connectivity index (χ1) is 14.4. The molecule has 6 heteroatoms. The van der Waals surface area contributed by atoms with E-state index in [1.165, 1.54) is 31.4 Å². The Morgan fingerprint density at radius 1 is 1.03 bits per heavy atom. The van der Waals surface area contributed by atoms with Crippen LogP contribution in [0.5, 0.6) is 17.2 Å². The van der Waals surface area contributed by atoms with Gasteiger partial charge in [-0.25, -0.2) is 4.39 Å². The fraction of sp³-hybridized carbons (Fsp3) is 0.208. The van der Waals surface area contributed by atoms with Crippen LogP contribution in [0.2, 0.25) is 0 Å². The molecule has 2 N–H and O–H groups in total. The molecule has 156 valence electrons. The highest BCUT2D eigenvalue weighted by atomic mass is 19.1. The van der Waals surface area contributed by atoms with Crippen molar-refractivity contribution in [1.29, 1.82) is 0 Å². The van der Waals surface area contributed by atoms with Crippen molar-refractivity contribution in [3.63, 3.8) is 0 Å². The highest BCUT2D eigenvalue weighted by molar-refractivity contribution is 5.72. The van der Waals surface area contributed by atoms with E-state index >= 15 is 0 Å². The predicted molar refractivity (Wildman–Crippen MR) is 111 cm³/mol. The summed E-state index contributed by atoms with van der Waals surface area (Å²) in [5.74, 6) is -0.402. The molecule has 3 aromatic carbocycles. The summed E-state index contributed by atoms with van der Waals surface area (Å²) in [5, 5.41) is 19.4. The molecule has 0 amide bonds. The molecule has 0 aliphatic rings. The van der Waals surface area contributed by atoms with E-state index in [2.05, 4.69) is 0 Å². The number of carboxylic acid groups (broad SMARTS) is 1. The average molecular weight is 410 g/mol. The molecule has 0 spiro atoms. The molecule has 1 atom stereocenters. The summed E-state index contributed by atoms with van der Waals surface area (Å²) in [6, 6.07) is 16.5. The maximum atomic E-state index is 14.2. The lowest BCUT2D eigenvalue weighted by Crippen LogP contribution is -2.03. The van der Waals surface area contributed by atoms with Gasteiger partial charge in [0.1, 0.15) is 29.7 Å². The van der Waals surface area contributed by atoms with Crippen molar-refractivity contribution in [3.8, 4) is 28.4 Å². The Balaban J connectivity index is 1.74. The summed E-state index contributed by atoms with van der Waals surface area (Å²) in [6.45, 7) is 2.05. The van der Waals surface area contributed by atoms with Crippen LogP contribution >= 0.6 is 0 Å². The van der Waals surface area contributed by atoms with E-state index in [4.69, 9.17) is 14.6 Å². The second kappa shape index (κ2) is 9.31. The molecule has 0 aliphatic heterocycles. The van der Waals surface area contributed by atoms with Gasteiger partial charge in [0, 0.05) is 11.1 Å². The van der Waals surface area contributed by atoms with Gasteiger partial charge in [-0.1, -0.05) is 31.2 Å². The van der Waals surface area contributed by atoms with Crippen molar-refractivity contribution in [2.24, 2.45) is 0 Å². The van der Waals surface area contributed by atoms with Gasteiger partial charge >= 0.3 is 5.97 Å². The van der Waals surface area contributed by atoms with E-state index in [1.54, 1.807) is 18.2 Å². The topological polar surface area (TPSA) is 76.0 Å². The standard InChI is InChI=1S/C24H23FO5/c1-15(10-24(27)28)17-4-3-5-19(12-17)30-14-16-6-8-20(23(26)11-16)21-13-18(29-2)7-9-22(21)25/h3-9,11-13,15,26H,10,14H2,1-2H3,(H,27,28)/t15-/m1/s1. The molecule has 0 bridgehead atoms. The second-order valence-electron chi connectivity index (χ2n) is 7.06. The number of carbonyl (C=O) groups is 1. The molecule has 0 aliphatic carbocycles. The molecule has 0 fully saturated rings. The summed E-state index contributed by atoms with van der Waals surface area (Å²) in [4.78, 5) is 10.9. The van der Waals surface area contributed by atoms with Crippen molar-refractivity contribution in [2.75, 3.05) is 7.11 Å². The molecule has 0 saturated heterocycles. The summed E-state index contributed by atoms with van der Waals surface area (Å²) >= 11 is 0. The number of phenols is 1. The molecule has 0 saturated carbocycles. The largest absolute Gasteiger partial charge is 0.507 e. The smallest absolute Gasteiger partial charge is 0.303 e. The normalized spacial score (nSPS) is 11.7. The Morgan fingerprint density at radius 2 is 1.83 bits per heavy atom. The van der Waals surface area contributed by atoms with Gasteiger partial charge in [0.05, 0.1) is 13.5 Å². The molecule has 0 radical (unpaired) electrons. The zero-order valence-corrected chi connectivity index (χ0v) is 16.8. The summed E-state index contributed by atoms with van der Waals surface area (Å²) in [5.41, 5.74) is 2.20. The predicted octanol–water partition coefficient (Wildman–Crippen LogP) is 5.36. The Kier molecular flexibility index (Phi) is 6.57. The number of hydrogen-bond acceptors (Lipinski definition) is 4. The van der Waals surface area contributed by atoms with Crippen molar-refractivity contribution >= 4 is 5.97 Å². The van der Waals surface area contributed by atoms with Gasteiger partial charge in [-0.15, -0.1) is 0 Å². The van der Waals surface area contributed by atoms with Gasteiger partial charge < -0.3 is 19.7 Å². The van der Waals surface area contributed by atoms with E-state index in [1.807, 2.05) is 25.1 Å². The van der Waals surface area contributed by atoms with E-state index < -0.39 is 11.8 Å². The second-order valence-corrected chi connectivity index (χ2v) is 7.06. The van der Waals surface area contributed by atoms with E-state index in [0.29, 0.717) is 22.6 Å². The van der Waals surface area contributed by atoms with Crippen LogP contribution in [0, 0.1) is 5.82 Å². The average Bonchev–Trinajstić information content (AvgIpc) is 2.73. The van der Waals surface area contributed by atoms with E-state index in [-0.39, 0.29) is 30.3 Å². The minimum atomic E-state index is -0.850. The van der Waals surface area contributed by atoms with Crippen LogP contribution in [0.1, 0.15) is 30.4 Å². The number of aliphatic carboxylic acids is 1. The van der Waals surface area contributed by atoms with Crippen molar-refractivity contribution in [1.82, 2.24) is 0 Å². The molecule has 3 rings (SSSR count). The number of carboxylic acids is 1. The van der Waals surface area contributed by atoms with Crippen molar-refractivity contribution in [3.05, 3.63) is 77.6 Å². The molecule has 0 aromatic heterocycles. The number of halogens is 1. The number of phenolic OH excluding ortho intramolecular Hbond substituents is 1. The minimum absolute atomic E-state index is 0.0413. The first-order valence-corrected chi connectivity index (χ1v) is 9.47. The van der Waals surface area contributed by atoms with Gasteiger partial charge in [0.2, 0.25) is 0 Å². The highest BCUT2D eigenvalue weighted by Gasteiger charge is 2.13. The molecule has 0 heterocycles. The quantitative estimate of drug-likeness (QED) is 0.523. The highest BCUT2D eigenvalue weighted by Crippen LogP contribution is 2.34. The molecular formula is C24H23FO5. The van der Waals surface area contributed by atoms with Crippen LogP contribution in [-0.4, -0.2) is 23.3 Å². The summed E-state index contributed by atoms with van der Waals surface area (Å²) < 4.78 is 25.1. The van der Waals surface area contributed by atoms with Crippen LogP contribution in [0.15, 0.2) is 60.7 Å². The van der Waals surface area contributed by atoms with Crippen LogP contribution in [-0.2, 0) is 11.4 Å². The number of benzene rings is 3. The first kappa shape index (κ1) is 21.2. The Morgan fingerprint density at radius 3 is 2.53 bits per heavy atom. The van der Waals surface area contributed by atoms with E-state index in [9.17, 15) is 14.3 Å². The lowest BCUT2D eigenvalue weighted by atomic mass is 9.98. The van der Waals surface area contributed by atoms with Gasteiger partial charge in [-0.2, -0.15) is 0 Å². The maximum Gasteiger partial charge on any atom is 0.303 e. The van der Waals surface area contributed by atoms with Gasteiger partial charge in [-0.05, 0) is 53.4 Å². The third-order valence-corrected chi connectivity index (χ3v) is 4.84. The van der Waals surface area contributed by atoms with Crippen LogP contribution in [0.25, 0.3) is 11.1 Å². The Bertz CT molecular complexity index is 1050.